The topological polar surface area (TPSA) is 32.3 Å². The van der Waals surface area contributed by atoms with Crippen LogP contribution in [0.2, 0.25) is 0 Å². The van der Waals surface area contributed by atoms with E-state index < -0.39 is 0 Å². The molecular formula is C15H30N2O. The molecule has 2 amide bonds. The van der Waals surface area contributed by atoms with Crippen LogP contribution in [0.5, 0.6) is 0 Å². The first-order valence-corrected chi connectivity index (χ1v) is 7.73. The van der Waals surface area contributed by atoms with Gasteiger partial charge in [-0.2, -0.15) is 0 Å². The highest BCUT2D eigenvalue weighted by Crippen LogP contribution is 2.17. The lowest BCUT2D eigenvalue weighted by atomic mass is 9.99. The number of nitrogens with zero attached hydrogens (tertiary/aromatic N) is 1. The first-order chi connectivity index (χ1) is 8.69. The fraction of sp³-hybridized carbons (Fsp3) is 0.933. The molecule has 1 aliphatic heterocycles. The summed E-state index contributed by atoms with van der Waals surface area (Å²) in [6, 6.07) is 0.562. The third kappa shape index (κ3) is 4.87. The van der Waals surface area contributed by atoms with Crippen molar-refractivity contribution < 1.29 is 4.79 Å². The smallest absolute Gasteiger partial charge is 0.317 e. The average molecular weight is 254 g/mol. The van der Waals surface area contributed by atoms with E-state index in [1.165, 1.54) is 25.7 Å². The number of hydrogen-bond donors (Lipinski definition) is 1. The molecule has 106 valence electrons. The van der Waals surface area contributed by atoms with E-state index in [1.807, 2.05) is 4.90 Å². The lowest BCUT2D eigenvalue weighted by molar-refractivity contribution is 0.156. The van der Waals surface area contributed by atoms with Gasteiger partial charge < -0.3 is 10.2 Å². The molecule has 1 saturated heterocycles. The van der Waals surface area contributed by atoms with Crippen molar-refractivity contribution in [2.75, 3.05) is 13.1 Å². The number of amides is 2. The molecule has 0 saturated carbocycles. The lowest BCUT2D eigenvalue weighted by Crippen LogP contribution is -2.48. The van der Waals surface area contributed by atoms with Crippen LogP contribution in [0.25, 0.3) is 0 Å². The van der Waals surface area contributed by atoms with E-state index in [9.17, 15) is 4.79 Å². The zero-order valence-electron chi connectivity index (χ0n) is 12.4. The van der Waals surface area contributed by atoms with Crippen LogP contribution in [0.4, 0.5) is 4.79 Å². The van der Waals surface area contributed by atoms with E-state index in [0.717, 1.165) is 32.4 Å². The molecule has 0 bridgehead atoms. The molecule has 0 radical (unpaired) electrons. The number of urea groups is 1. The summed E-state index contributed by atoms with van der Waals surface area (Å²) in [4.78, 5) is 14.1. The molecule has 2 atom stereocenters. The second-order valence-electron chi connectivity index (χ2n) is 5.64. The van der Waals surface area contributed by atoms with Crippen LogP contribution in [0.15, 0.2) is 0 Å². The normalized spacial score (nSPS) is 21.7. The van der Waals surface area contributed by atoms with Gasteiger partial charge in [0.15, 0.2) is 0 Å². The molecule has 2 unspecified atom stereocenters. The van der Waals surface area contributed by atoms with Crippen molar-refractivity contribution in [1.82, 2.24) is 10.2 Å². The fourth-order valence-corrected chi connectivity index (χ4v) is 2.68. The van der Waals surface area contributed by atoms with Gasteiger partial charge in [0, 0.05) is 19.1 Å². The highest BCUT2D eigenvalue weighted by Gasteiger charge is 2.23. The van der Waals surface area contributed by atoms with Crippen LogP contribution in [-0.4, -0.2) is 30.1 Å². The first kappa shape index (κ1) is 15.3. The molecule has 0 aromatic rings. The van der Waals surface area contributed by atoms with Gasteiger partial charge in [-0.05, 0) is 38.5 Å². The van der Waals surface area contributed by atoms with Crippen molar-refractivity contribution in [3.63, 3.8) is 0 Å². The molecule has 1 rings (SSSR count). The molecule has 0 aromatic carbocycles. The standard InChI is InChI=1S/C15H30N2O/c1-4-6-10-14(5-2)12-16-15(18)17-11-8-7-9-13(17)3/h13-14H,4-12H2,1-3H3,(H,16,18). The largest absolute Gasteiger partial charge is 0.338 e. The van der Waals surface area contributed by atoms with Gasteiger partial charge in [-0.1, -0.05) is 33.1 Å². The van der Waals surface area contributed by atoms with Gasteiger partial charge in [0.05, 0.1) is 0 Å². The molecule has 1 heterocycles. The molecule has 3 nitrogen and oxygen atoms in total. The second kappa shape index (κ2) is 8.39. The van der Waals surface area contributed by atoms with Gasteiger partial charge in [-0.3, -0.25) is 0 Å². The summed E-state index contributed by atoms with van der Waals surface area (Å²) in [5.41, 5.74) is 0. The van der Waals surface area contributed by atoms with E-state index >= 15 is 0 Å². The lowest BCUT2D eigenvalue weighted by Gasteiger charge is -2.33. The van der Waals surface area contributed by atoms with Crippen molar-refractivity contribution in [2.24, 2.45) is 5.92 Å². The van der Waals surface area contributed by atoms with Crippen LogP contribution >= 0.6 is 0 Å². The summed E-state index contributed by atoms with van der Waals surface area (Å²) < 4.78 is 0. The summed E-state index contributed by atoms with van der Waals surface area (Å²) in [6.07, 6.45) is 8.49. The molecule has 0 aromatic heterocycles. The van der Waals surface area contributed by atoms with Crippen molar-refractivity contribution in [2.45, 2.75) is 71.8 Å². The molecule has 1 aliphatic rings. The van der Waals surface area contributed by atoms with Crippen LogP contribution in [-0.2, 0) is 0 Å². The maximum atomic E-state index is 12.1. The Morgan fingerprint density at radius 1 is 1.39 bits per heavy atom. The van der Waals surface area contributed by atoms with Crippen molar-refractivity contribution in [3.05, 3.63) is 0 Å². The summed E-state index contributed by atoms with van der Waals surface area (Å²) in [7, 11) is 0. The third-order valence-electron chi connectivity index (χ3n) is 4.15. The SMILES string of the molecule is CCCCC(CC)CNC(=O)N1CCCCC1C. The van der Waals surface area contributed by atoms with Gasteiger partial charge in [-0.15, -0.1) is 0 Å². The Morgan fingerprint density at radius 2 is 2.17 bits per heavy atom. The Morgan fingerprint density at radius 3 is 2.78 bits per heavy atom. The van der Waals surface area contributed by atoms with Gasteiger partial charge in [0.2, 0.25) is 0 Å². The molecule has 1 fully saturated rings. The monoisotopic (exact) mass is 254 g/mol. The summed E-state index contributed by atoms with van der Waals surface area (Å²) >= 11 is 0. The molecule has 0 aliphatic carbocycles. The second-order valence-corrected chi connectivity index (χ2v) is 5.64. The van der Waals surface area contributed by atoms with Crippen molar-refractivity contribution in [1.29, 1.82) is 0 Å². The number of rotatable bonds is 6. The van der Waals surface area contributed by atoms with Crippen LogP contribution in [0.1, 0.15) is 65.7 Å². The number of carbonyl (C=O) groups excluding carboxylic acids is 1. The Balaban J connectivity index is 2.29. The fourth-order valence-electron chi connectivity index (χ4n) is 2.68. The van der Waals surface area contributed by atoms with E-state index in [-0.39, 0.29) is 6.03 Å². The Kier molecular flexibility index (Phi) is 7.14. The molecule has 1 N–H and O–H groups in total. The minimum Gasteiger partial charge on any atom is -0.338 e. The van der Waals surface area contributed by atoms with E-state index in [1.54, 1.807) is 0 Å². The number of piperidine rings is 1. The third-order valence-corrected chi connectivity index (χ3v) is 4.15. The number of unbranched alkanes of at least 4 members (excludes halogenated alkanes) is 1. The average Bonchev–Trinajstić information content (AvgIpc) is 2.39. The van der Waals surface area contributed by atoms with Crippen LogP contribution in [0, 0.1) is 5.92 Å². The minimum absolute atomic E-state index is 0.150. The number of carbonyl (C=O) groups is 1. The summed E-state index contributed by atoms with van der Waals surface area (Å²) in [5.74, 6) is 0.647. The Labute approximate surface area is 112 Å². The summed E-state index contributed by atoms with van der Waals surface area (Å²) in [6.45, 7) is 8.38. The zero-order valence-corrected chi connectivity index (χ0v) is 12.4. The van der Waals surface area contributed by atoms with Gasteiger partial charge in [0.1, 0.15) is 0 Å². The van der Waals surface area contributed by atoms with E-state index in [0.29, 0.717) is 12.0 Å². The van der Waals surface area contributed by atoms with E-state index in [2.05, 4.69) is 26.1 Å². The van der Waals surface area contributed by atoms with Gasteiger partial charge in [-0.25, -0.2) is 4.79 Å². The molecule has 18 heavy (non-hydrogen) atoms. The van der Waals surface area contributed by atoms with Crippen LogP contribution < -0.4 is 5.32 Å². The zero-order chi connectivity index (χ0) is 13.4. The predicted molar refractivity (Wildman–Crippen MR) is 76.7 cm³/mol. The maximum absolute atomic E-state index is 12.1. The van der Waals surface area contributed by atoms with Crippen LogP contribution in [0.3, 0.4) is 0 Å². The Hall–Kier alpha value is -0.730. The highest BCUT2D eigenvalue weighted by molar-refractivity contribution is 5.74. The summed E-state index contributed by atoms with van der Waals surface area (Å²) in [5, 5.41) is 3.13. The highest BCUT2D eigenvalue weighted by atomic mass is 16.2. The predicted octanol–water partition coefficient (Wildman–Crippen LogP) is 3.79. The molecule has 3 heteroatoms. The van der Waals surface area contributed by atoms with Gasteiger partial charge in [0.25, 0.3) is 0 Å². The minimum atomic E-state index is 0.150. The number of nitrogens with one attached hydrogen (secondary N) is 1. The maximum Gasteiger partial charge on any atom is 0.317 e. The molecular weight excluding hydrogens is 224 g/mol. The van der Waals surface area contributed by atoms with E-state index in [4.69, 9.17) is 0 Å². The van der Waals surface area contributed by atoms with Gasteiger partial charge >= 0.3 is 6.03 Å². The number of likely N-dealkylation sites (tertiary alicyclic amines) is 1. The molecule has 0 spiro atoms. The van der Waals surface area contributed by atoms with Crippen molar-refractivity contribution in [3.8, 4) is 0 Å². The Bertz CT molecular complexity index is 243. The number of hydrogen-bond acceptors (Lipinski definition) is 1. The first-order valence-electron chi connectivity index (χ1n) is 7.73. The van der Waals surface area contributed by atoms with Crippen molar-refractivity contribution >= 4 is 6.03 Å². The quantitative estimate of drug-likeness (QED) is 0.768.